The van der Waals surface area contributed by atoms with Crippen molar-refractivity contribution in [3.05, 3.63) is 46.5 Å². The lowest BCUT2D eigenvalue weighted by molar-refractivity contribution is 0.0839. The van der Waals surface area contributed by atoms with Gasteiger partial charge in [0.15, 0.2) is 5.78 Å². The average molecular weight is 314 g/mol. The van der Waals surface area contributed by atoms with E-state index in [4.69, 9.17) is 9.47 Å². The van der Waals surface area contributed by atoms with Crippen LogP contribution in [-0.4, -0.2) is 23.1 Å². The van der Waals surface area contributed by atoms with Gasteiger partial charge in [-0.05, 0) is 19.9 Å². The predicted octanol–water partition coefficient (Wildman–Crippen LogP) is 3.43. The van der Waals surface area contributed by atoms with Crippen LogP contribution in [0.1, 0.15) is 39.6 Å². The Morgan fingerprint density at radius 3 is 2.52 bits per heavy atom. The summed E-state index contributed by atoms with van der Waals surface area (Å²) < 4.78 is 11.3. The molecule has 0 aliphatic carbocycles. The Morgan fingerprint density at radius 2 is 1.87 bits per heavy atom. The molecule has 23 heavy (non-hydrogen) atoms. The SMILES string of the molecule is COc1c(C)c(O)c2c(c1C)OC(c1ccccc1O)CC2=O. The average Bonchev–Trinajstić information content (AvgIpc) is 2.53. The van der Waals surface area contributed by atoms with Gasteiger partial charge in [0.2, 0.25) is 0 Å². The highest BCUT2D eigenvalue weighted by Gasteiger charge is 2.35. The summed E-state index contributed by atoms with van der Waals surface area (Å²) in [4.78, 5) is 12.5. The summed E-state index contributed by atoms with van der Waals surface area (Å²) in [6, 6.07) is 6.76. The number of carbonyl (C=O) groups is 1. The minimum Gasteiger partial charge on any atom is -0.508 e. The number of fused-ring (bicyclic) bond motifs is 1. The van der Waals surface area contributed by atoms with Crippen molar-refractivity contribution in [2.24, 2.45) is 0 Å². The number of rotatable bonds is 2. The zero-order chi connectivity index (χ0) is 16.7. The fraction of sp³-hybridized carbons (Fsp3) is 0.278. The van der Waals surface area contributed by atoms with E-state index in [9.17, 15) is 15.0 Å². The lowest BCUT2D eigenvalue weighted by atomic mass is 9.91. The van der Waals surface area contributed by atoms with Crippen molar-refractivity contribution in [2.45, 2.75) is 26.4 Å². The van der Waals surface area contributed by atoms with E-state index in [2.05, 4.69) is 0 Å². The summed E-state index contributed by atoms with van der Waals surface area (Å²) in [5.74, 6) is 0.560. The maximum Gasteiger partial charge on any atom is 0.174 e. The molecule has 3 rings (SSSR count). The van der Waals surface area contributed by atoms with Crippen molar-refractivity contribution in [1.82, 2.24) is 0 Å². The summed E-state index contributed by atoms with van der Waals surface area (Å²) in [5, 5.41) is 20.3. The number of hydrogen-bond acceptors (Lipinski definition) is 5. The second-order valence-electron chi connectivity index (χ2n) is 5.63. The maximum atomic E-state index is 12.5. The Balaban J connectivity index is 2.15. The highest BCUT2D eigenvalue weighted by molar-refractivity contribution is 6.04. The summed E-state index contributed by atoms with van der Waals surface area (Å²) in [5.41, 5.74) is 1.91. The first-order valence-corrected chi connectivity index (χ1v) is 7.33. The van der Waals surface area contributed by atoms with Crippen molar-refractivity contribution >= 4 is 5.78 Å². The van der Waals surface area contributed by atoms with Gasteiger partial charge in [-0.2, -0.15) is 0 Å². The molecule has 0 saturated heterocycles. The Kier molecular flexibility index (Phi) is 3.64. The van der Waals surface area contributed by atoms with Crippen LogP contribution in [-0.2, 0) is 0 Å². The summed E-state index contributed by atoms with van der Waals surface area (Å²) in [6.07, 6.45) is -0.537. The molecular weight excluding hydrogens is 296 g/mol. The molecule has 2 aromatic rings. The largest absolute Gasteiger partial charge is 0.508 e. The van der Waals surface area contributed by atoms with Crippen molar-refractivity contribution < 1.29 is 24.5 Å². The Hall–Kier alpha value is -2.69. The fourth-order valence-corrected chi connectivity index (χ4v) is 3.07. The van der Waals surface area contributed by atoms with E-state index >= 15 is 0 Å². The van der Waals surface area contributed by atoms with Crippen molar-refractivity contribution in [3.63, 3.8) is 0 Å². The molecule has 5 heteroatoms. The molecule has 2 aromatic carbocycles. The van der Waals surface area contributed by atoms with E-state index in [1.54, 1.807) is 38.1 Å². The zero-order valence-electron chi connectivity index (χ0n) is 13.2. The number of carbonyl (C=O) groups excluding carboxylic acids is 1. The molecule has 120 valence electrons. The molecule has 1 aliphatic heterocycles. The lowest BCUT2D eigenvalue weighted by Gasteiger charge is -2.29. The molecule has 1 atom stereocenters. The molecule has 1 heterocycles. The van der Waals surface area contributed by atoms with Gasteiger partial charge in [-0.25, -0.2) is 0 Å². The molecule has 0 saturated carbocycles. The number of benzene rings is 2. The number of phenolic OH excluding ortho intramolecular Hbond substituents is 2. The normalized spacial score (nSPS) is 16.7. The number of phenols is 2. The molecule has 0 radical (unpaired) electrons. The van der Waals surface area contributed by atoms with Crippen LogP contribution in [0.3, 0.4) is 0 Å². The minimum atomic E-state index is -0.596. The van der Waals surface area contributed by atoms with Gasteiger partial charge in [0.25, 0.3) is 0 Å². The van der Waals surface area contributed by atoms with E-state index < -0.39 is 6.10 Å². The lowest BCUT2D eigenvalue weighted by Crippen LogP contribution is -2.22. The molecular formula is C18H18O5. The maximum absolute atomic E-state index is 12.5. The summed E-state index contributed by atoms with van der Waals surface area (Å²) in [7, 11) is 1.51. The molecule has 2 N–H and O–H groups in total. The molecule has 0 spiro atoms. The van der Waals surface area contributed by atoms with E-state index in [-0.39, 0.29) is 29.3 Å². The first kappa shape index (κ1) is 15.2. The number of aromatic hydroxyl groups is 2. The third-order valence-electron chi connectivity index (χ3n) is 4.24. The highest BCUT2D eigenvalue weighted by atomic mass is 16.5. The molecule has 5 nitrogen and oxygen atoms in total. The minimum absolute atomic E-state index is 0.0589. The number of ketones is 1. The molecule has 0 bridgehead atoms. The molecule has 1 aliphatic rings. The van der Waals surface area contributed by atoms with Crippen LogP contribution in [0.15, 0.2) is 24.3 Å². The predicted molar refractivity (Wildman–Crippen MR) is 84.6 cm³/mol. The zero-order valence-corrected chi connectivity index (χ0v) is 13.2. The Morgan fingerprint density at radius 1 is 1.17 bits per heavy atom. The van der Waals surface area contributed by atoms with Gasteiger partial charge in [0.05, 0.1) is 13.5 Å². The highest BCUT2D eigenvalue weighted by Crippen LogP contribution is 2.48. The van der Waals surface area contributed by atoms with Crippen LogP contribution in [0.2, 0.25) is 0 Å². The second kappa shape index (κ2) is 5.50. The quantitative estimate of drug-likeness (QED) is 0.888. The number of methoxy groups -OCH3 is 1. The van der Waals surface area contributed by atoms with Gasteiger partial charge in [-0.3, -0.25) is 4.79 Å². The van der Waals surface area contributed by atoms with Gasteiger partial charge in [0.1, 0.15) is 34.7 Å². The standard InChI is InChI=1S/C18H18O5/c1-9-16(21)15-13(20)8-14(11-6-4-5-7-12(11)19)23-18(15)10(2)17(9)22-3/h4-7,14,19,21H,8H2,1-3H3. The molecule has 0 aromatic heterocycles. The summed E-state index contributed by atoms with van der Waals surface area (Å²) >= 11 is 0. The first-order chi connectivity index (χ1) is 11.0. The third-order valence-corrected chi connectivity index (χ3v) is 4.24. The van der Waals surface area contributed by atoms with Crippen LogP contribution in [0.4, 0.5) is 0 Å². The van der Waals surface area contributed by atoms with E-state index in [1.165, 1.54) is 7.11 Å². The van der Waals surface area contributed by atoms with Gasteiger partial charge in [-0.1, -0.05) is 18.2 Å². The number of Topliss-reactive ketones (excluding diaryl/α,β-unsaturated/α-hetero) is 1. The fourth-order valence-electron chi connectivity index (χ4n) is 3.07. The molecule has 1 unspecified atom stereocenters. The van der Waals surface area contributed by atoms with Gasteiger partial charge < -0.3 is 19.7 Å². The van der Waals surface area contributed by atoms with E-state index in [0.717, 1.165) is 0 Å². The molecule has 0 fully saturated rings. The van der Waals surface area contributed by atoms with Crippen LogP contribution in [0.25, 0.3) is 0 Å². The van der Waals surface area contributed by atoms with Crippen molar-refractivity contribution in [3.8, 4) is 23.0 Å². The van der Waals surface area contributed by atoms with Crippen molar-refractivity contribution in [2.75, 3.05) is 7.11 Å². The Bertz CT molecular complexity index is 794. The van der Waals surface area contributed by atoms with E-state index in [0.29, 0.717) is 28.2 Å². The second-order valence-corrected chi connectivity index (χ2v) is 5.63. The number of para-hydroxylation sites is 1. The number of ether oxygens (including phenoxy) is 2. The molecule has 0 amide bonds. The van der Waals surface area contributed by atoms with Crippen LogP contribution < -0.4 is 9.47 Å². The monoisotopic (exact) mass is 314 g/mol. The van der Waals surface area contributed by atoms with E-state index in [1.807, 2.05) is 0 Å². The van der Waals surface area contributed by atoms with Crippen LogP contribution in [0, 0.1) is 13.8 Å². The summed E-state index contributed by atoms with van der Waals surface area (Å²) in [6.45, 7) is 3.48. The smallest absolute Gasteiger partial charge is 0.174 e. The first-order valence-electron chi connectivity index (χ1n) is 7.33. The topological polar surface area (TPSA) is 76.0 Å². The van der Waals surface area contributed by atoms with Crippen LogP contribution in [0.5, 0.6) is 23.0 Å². The van der Waals surface area contributed by atoms with Crippen LogP contribution >= 0.6 is 0 Å². The van der Waals surface area contributed by atoms with Gasteiger partial charge in [-0.15, -0.1) is 0 Å². The van der Waals surface area contributed by atoms with Gasteiger partial charge in [0, 0.05) is 16.7 Å². The number of hydrogen-bond donors (Lipinski definition) is 2. The third kappa shape index (κ3) is 2.29. The van der Waals surface area contributed by atoms with Gasteiger partial charge >= 0.3 is 0 Å². The van der Waals surface area contributed by atoms with Crippen molar-refractivity contribution in [1.29, 1.82) is 0 Å². The Labute approximate surface area is 134 Å².